The first kappa shape index (κ1) is 19.3. The number of aromatic nitrogens is 4. The third-order valence-electron chi connectivity index (χ3n) is 3.80. The predicted octanol–water partition coefficient (Wildman–Crippen LogP) is 3.31. The molecule has 0 radical (unpaired) electrons. The van der Waals surface area contributed by atoms with Crippen molar-refractivity contribution in [2.75, 3.05) is 11.1 Å². The molecule has 0 bridgehead atoms. The molecule has 0 saturated carbocycles. The third-order valence-corrected chi connectivity index (χ3v) is 3.80. The first-order chi connectivity index (χ1) is 14.0. The largest absolute Gasteiger partial charge is 0.481 e. The lowest BCUT2D eigenvalue weighted by Gasteiger charge is -2.10. The van der Waals surface area contributed by atoms with Gasteiger partial charge in [0.05, 0.1) is 23.3 Å². The summed E-state index contributed by atoms with van der Waals surface area (Å²) in [5.41, 5.74) is 9.85. The summed E-state index contributed by atoms with van der Waals surface area (Å²) in [5, 5.41) is 27.9. The van der Waals surface area contributed by atoms with Gasteiger partial charge in [-0.15, -0.1) is 0 Å². The fourth-order valence-corrected chi connectivity index (χ4v) is 2.70. The minimum Gasteiger partial charge on any atom is -0.481 e. The number of carboxylic acids is 1. The number of aromatic amines is 1. The number of nitrogen functional groups attached to an aromatic ring is 1. The molecule has 9 heteroatoms. The van der Waals surface area contributed by atoms with Crippen molar-refractivity contribution >= 4 is 34.3 Å². The van der Waals surface area contributed by atoms with Gasteiger partial charge in [-0.2, -0.15) is 15.3 Å². The van der Waals surface area contributed by atoms with Crippen LogP contribution in [0.15, 0.2) is 54.9 Å². The highest BCUT2D eigenvalue weighted by Crippen LogP contribution is 2.32. The second-order valence-corrected chi connectivity index (χ2v) is 5.99. The van der Waals surface area contributed by atoms with Gasteiger partial charge in [-0.3, -0.25) is 9.89 Å². The van der Waals surface area contributed by atoms with Crippen LogP contribution in [-0.2, 0) is 4.79 Å². The van der Waals surface area contributed by atoms with E-state index in [-0.39, 0.29) is 5.95 Å². The number of aliphatic carboxylic acids is 1. The molecular weight excluding hydrogens is 370 g/mol. The summed E-state index contributed by atoms with van der Waals surface area (Å²) >= 11 is 0. The molecule has 144 valence electrons. The fraction of sp³-hybridized carbons (Fsp3) is 0.0500. The molecule has 5 N–H and O–H groups in total. The number of benzene rings is 2. The van der Waals surface area contributed by atoms with Gasteiger partial charge in [0, 0.05) is 29.8 Å². The van der Waals surface area contributed by atoms with Crippen LogP contribution in [0.25, 0.3) is 22.0 Å². The Balaban J connectivity index is 0.000000552. The van der Waals surface area contributed by atoms with E-state index in [0.29, 0.717) is 11.4 Å². The second kappa shape index (κ2) is 8.49. The zero-order chi connectivity index (χ0) is 20.8. The van der Waals surface area contributed by atoms with Crippen LogP contribution in [0.5, 0.6) is 0 Å². The number of nitriles is 1. The zero-order valence-electron chi connectivity index (χ0n) is 15.4. The van der Waals surface area contributed by atoms with Gasteiger partial charge in [-0.25, -0.2) is 4.98 Å². The summed E-state index contributed by atoms with van der Waals surface area (Å²) in [6, 6.07) is 15.3. The van der Waals surface area contributed by atoms with Crippen LogP contribution in [0.4, 0.5) is 17.5 Å². The quantitative estimate of drug-likeness (QED) is 0.417. The van der Waals surface area contributed by atoms with Crippen molar-refractivity contribution in [2.24, 2.45) is 0 Å². The standard InChI is InChI=1S/C18H13N7.C2H4O2/c19-9-11-2-1-3-12(6-11)15-8-14(7-13-10-22-25-17(13)15)23-16-4-5-21-18(20)24-16;1-2(3)4/h1-8,10H,(H,22,25)(H3,20,21,23,24);1H3,(H,3,4). The second-order valence-electron chi connectivity index (χ2n) is 5.99. The van der Waals surface area contributed by atoms with E-state index in [1.807, 2.05) is 30.3 Å². The first-order valence-corrected chi connectivity index (χ1v) is 8.49. The van der Waals surface area contributed by atoms with Gasteiger partial charge < -0.3 is 16.2 Å². The number of carboxylic acid groups (broad SMARTS) is 1. The highest BCUT2D eigenvalue weighted by Gasteiger charge is 2.10. The number of nitrogens with two attached hydrogens (primary N) is 1. The normalized spacial score (nSPS) is 9.93. The first-order valence-electron chi connectivity index (χ1n) is 8.49. The number of anilines is 3. The van der Waals surface area contributed by atoms with Gasteiger partial charge in [0.15, 0.2) is 0 Å². The van der Waals surface area contributed by atoms with E-state index in [1.54, 1.807) is 24.5 Å². The lowest BCUT2D eigenvalue weighted by Crippen LogP contribution is -1.99. The maximum Gasteiger partial charge on any atom is 0.300 e. The molecule has 0 aliphatic heterocycles. The number of hydrogen-bond acceptors (Lipinski definition) is 7. The fourth-order valence-electron chi connectivity index (χ4n) is 2.70. The monoisotopic (exact) mass is 387 g/mol. The van der Waals surface area contributed by atoms with Crippen LogP contribution in [0.1, 0.15) is 12.5 Å². The predicted molar refractivity (Wildman–Crippen MR) is 109 cm³/mol. The van der Waals surface area contributed by atoms with E-state index in [0.717, 1.165) is 34.6 Å². The highest BCUT2D eigenvalue weighted by molar-refractivity contribution is 5.96. The molecule has 0 aliphatic rings. The summed E-state index contributed by atoms with van der Waals surface area (Å²) in [4.78, 5) is 17.0. The number of nitrogens with zero attached hydrogens (tertiary/aromatic N) is 4. The third kappa shape index (κ3) is 4.84. The molecule has 0 unspecified atom stereocenters. The van der Waals surface area contributed by atoms with E-state index in [9.17, 15) is 0 Å². The number of nitrogens with one attached hydrogen (secondary N) is 2. The molecule has 29 heavy (non-hydrogen) atoms. The van der Waals surface area contributed by atoms with E-state index in [2.05, 4.69) is 31.6 Å². The van der Waals surface area contributed by atoms with Crippen molar-refractivity contribution < 1.29 is 9.90 Å². The van der Waals surface area contributed by atoms with Gasteiger partial charge in [-0.1, -0.05) is 12.1 Å². The SMILES string of the molecule is CC(=O)O.N#Cc1cccc(-c2cc(Nc3ccnc(N)n3)cc3cn[nH]c23)c1. The van der Waals surface area contributed by atoms with Crippen molar-refractivity contribution in [3.05, 3.63) is 60.4 Å². The van der Waals surface area contributed by atoms with Crippen LogP contribution >= 0.6 is 0 Å². The summed E-state index contributed by atoms with van der Waals surface area (Å²) in [6.45, 7) is 1.08. The Morgan fingerprint density at radius 3 is 2.79 bits per heavy atom. The summed E-state index contributed by atoms with van der Waals surface area (Å²) in [7, 11) is 0. The summed E-state index contributed by atoms with van der Waals surface area (Å²) in [6.07, 6.45) is 3.35. The van der Waals surface area contributed by atoms with Crippen LogP contribution in [0.2, 0.25) is 0 Å². The summed E-state index contributed by atoms with van der Waals surface area (Å²) < 4.78 is 0. The zero-order valence-corrected chi connectivity index (χ0v) is 15.4. The van der Waals surface area contributed by atoms with Crippen LogP contribution < -0.4 is 11.1 Å². The molecule has 0 saturated heterocycles. The maximum atomic E-state index is 9.15. The molecule has 0 fully saturated rings. The number of H-pyrrole nitrogens is 1. The topological polar surface area (TPSA) is 154 Å². The van der Waals surface area contributed by atoms with E-state index in [1.165, 1.54) is 0 Å². The lowest BCUT2D eigenvalue weighted by atomic mass is 10.0. The Morgan fingerprint density at radius 2 is 2.07 bits per heavy atom. The van der Waals surface area contributed by atoms with Gasteiger partial charge >= 0.3 is 0 Å². The molecule has 9 nitrogen and oxygen atoms in total. The molecule has 4 rings (SSSR count). The van der Waals surface area contributed by atoms with E-state index >= 15 is 0 Å². The van der Waals surface area contributed by atoms with Gasteiger partial charge in [0.2, 0.25) is 5.95 Å². The molecular formula is C20H17N7O2. The molecule has 2 aromatic heterocycles. The van der Waals surface area contributed by atoms with Gasteiger partial charge in [0.1, 0.15) is 5.82 Å². The molecule has 2 heterocycles. The summed E-state index contributed by atoms with van der Waals surface area (Å²) in [5.74, 6) is -0.0246. The lowest BCUT2D eigenvalue weighted by molar-refractivity contribution is -0.134. The van der Waals surface area contributed by atoms with Crippen molar-refractivity contribution in [2.45, 2.75) is 6.92 Å². The van der Waals surface area contributed by atoms with Crippen LogP contribution in [0, 0.1) is 11.3 Å². The van der Waals surface area contributed by atoms with Crippen molar-refractivity contribution in [1.29, 1.82) is 5.26 Å². The Labute approximate surface area is 165 Å². The van der Waals surface area contributed by atoms with Crippen LogP contribution in [-0.4, -0.2) is 31.2 Å². The Kier molecular flexibility index (Phi) is 5.66. The Morgan fingerprint density at radius 1 is 1.28 bits per heavy atom. The number of carbonyl (C=O) groups is 1. The van der Waals surface area contributed by atoms with Crippen LogP contribution in [0.3, 0.4) is 0 Å². The number of fused-ring (bicyclic) bond motifs is 1. The highest BCUT2D eigenvalue weighted by atomic mass is 16.4. The van der Waals surface area contributed by atoms with Crippen molar-refractivity contribution in [1.82, 2.24) is 20.2 Å². The minimum atomic E-state index is -0.833. The molecule has 2 aromatic carbocycles. The van der Waals surface area contributed by atoms with Crippen molar-refractivity contribution in [3.8, 4) is 17.2 Å². The number of rotatable bonds is 3. The Hall–Kier alpha value is -4.45. The van der Waals surface area contributed by atoms with Crippen molar-refractivity contribution in [3.63, 3.8) is 0 Å². The average Bonchev–Trinajstić information content (AvgIpc) is 3.15. The van der Waals surface area contributed by atoms with E-state index < -0.39 is 5.97 Å². The molecule has 0 amide bonds. The molecule has 4 aromatic rings. The van der Waals surface area contributed by atoms with Gasteiger partial charge in [-0.05, 0) is 35.9 Å². The molecule has 0 spiro atoms. The minimum absolute atomic E-state index is 0.205. The van der Waals surface area contributed by atoms with Gasteiger partial charge in [0.25, 0.3) is 5.97 Å². The number of hydrogen-bond donors (Lipinski definition) is 4. The van der Waals surface area contributed by atoms with E-state index in [4.69, 9.17) is 20.9 Å². The smallest absolute Gasteiger partial charge is 0.300 e. The average molecular weight is 387 g/mol. The maximum absolute atomic E-state index is 9.15. The molecule has 0 aliphatic carbocycles. The molecule has 0 atom stereocenters. The Bertz CT molecular complexity index is 1210.